The standard InChI is InChI=1S/C21H15ClN6OS/c1-13-18-10-19(30-21(18)28(26-13)17-4-2-3-14(22)9-17)20(29)25-15-5-7-16(8-6-15)27-12-23-11-24-27/h2-12H,1H3,(H,25,29). The number of carbonyl (C=O) groups excluding carboxylic acids is 1. The summed E-state index contributed by atoms with van der Waals surface area (Å²) in [6.45, 7) is 1.93. The molecule has 0 bridgehead atoms. The van der Waals surface area contributed by atoms with Crippen LogP contribution in [0.5, 0.6) is 0 Å². The van der Waals surface area contributed by atoms with E-state index in [1.165, 1.54) is 17.7 Å². The average Bonchev–Trinajstić information content (AvgIpc) is 3.47. The first kappa shape index (κ1) is 18.5. The monoisotopic (exact) mass is 434 g/mol. The van der Waals surface area contributed by atoms with E-state index >= 15 is 0 Å². The fourth-order valence-electron chi connectivity index (χ4n) is 3.17. The summed E-state index contributed by atoms with van der Waals surface area (Å²) < 4.78 is 3.48. The predicted octanol–water partition coefficient (Wildman–Crippen LogP) is 4.88. The highest BCUT2D eigenvalue weighted by Crippen LogP contribution is 2.31. The molecule has 2 aromatic carbocycles. The first-order chi connectivity index (χ1) is 14.6. The van der Waals surface area contributed by atoms with Crippen LogP contribution in [-0.4, -0.2) is 30.5 Å². The van der Waals surface area contributed by atoms with Gasteiger partial charge in [-0.25, -0.2) is 14.3 Å². The highest BCUT2D eigenvalue weighted by molar-refractivity contribution is 7.20. The normalized spacial score (nSPS) is 11.1. The molecule has 3 heterocycles. The molecule has 0 aliphatic carbocycles. The summed E-state index contributed by atoms with van der Waals surface area (Å²) >= 11 is 7.53. The van der Waals surface area contributed by atoms with Crippen LogP contribution < -0.4 is 5.32 Å². The van der Waals surface area contributed by atoms with Gasteiger partial charge < -0.3 is 5.32 Å². The van der Waals surface area contributed by atoms with Crippen molar-refractivity contribution < 1.29 is 4.79 Å². The number of thiophene rings is 1. The van der Waals surface area contributed by atoms with Gasteiger partial charge in [-0.2, -0.15) is 10.2 Å². The summed E-state index contributed by atoms with van der Waals surface area (Å²) in [5.41, 5.74) is 3.29. The van der Waals surface area contributed by atoms with Crippen LogP contribution in [0.1, 0.15) is 15.4 Å². The van der Waals surface area contributed by atoms with Gasteiger partial charge in [0.05, 0.1) is 21.9 Å². The molecular weight excluding hydrogens is 420 g/mol. The Morgan fingerprint density at radius 2 is 1.93 bits per heavy atom. The van der Waals surface area contributed by atoms with Gasteiger partial charge in [-0.05, 0) is 55.5 Å². The highest BCUT2D eigenvalue weighted by Gasteiger charge is 2.17. The van der Waals surface area contributed by atoms with Crippen molar-refractivity contribution in [3.63, 3.8) is 0 Å². The van der Waals surface area contributed by atoms with Crippen molar-refractivity contribution in [1.29, 1.82) is 0 Å². The smallest absolute Gasteiger partial charge is 0.265 e. The van der Waals surface area contributed by atoms with Crippen LogP contribution in [-0.2, 0) is 0 Å². The Morgan fingerprint density at radius 1 is 1.10 bits per heavy atom. The third-order valence-electron chi connectivity index (χ3n) is 4.63. The van der Waals surface area contributed by atoms with Crippen LogP contribution in [0.25, 0.3) is 21.6 Å². The van der Waals surface area contributed by atoms with Crippen LogP contribution >= 0.6 is 22.9 Å². The molecule has 3 aromatic heterocycles. The molecule has 0 spiro atoms. The second-order valence-electron chi connectivity index (χ2n) is 6.65. The van der Waals surface area contributed by atoms with Crippen molar-refractivity contribution in [2.45, 2.75) is 6.92 Å². The van der Waals surface area contributed by atoms with Crippen molar-refractivity contribution in [2.75, 3.05) is 5.32 Å². The highest BCUT2D eigenvalue weighted by atomic mass is 35.5. The van der Waals surface area contributed by atoms with E-state index in [2.05, 4.69) is 20.5 Å². The Kier molecular flexibility index (Phi) is 4.57. The predicted molar refractivity (Wildman–Crippen MR) is 118 cm³/mol. The number of anilines is 1. The van der Waals surface area contributed by atoms with Crippen molar-refractivity contribution in [1.82, 2.24) is 24.5 Å². The SMILES string of the molecule is Cc1nn(-c2cccc(Cl)c2)c2sc(C(=O)Nc3ccc(-n4cncn4)cc3)cc12. The van der Waals surface area contributed by atoms with Crippen molar-refractivity contribution in [2.24, 2.45) is 0 Å². The minimum absolute atomic E-state index is 0.165. The lowest BCUT2D eigenvalue weighted by Crippen LogP contribution is -2.10. The number of nitrogens with zero attached hydrogens (tertiary/aromatic N) is 5. The zero-order chi connectivity index (χ0) is 20.7. The summed E-state index contributed by atoms with van der Waals surface area (Å²) in [6.07, 6.45) is 3.10. The Labute approximate surface area is 180 Å². The van der Waals surface area contributed by atoms with Crippen LogP contribution in [0.4, 0.5) is 5.69 Å². The fourth-order valence-corrected chi connectivity index (χ4v) is 4.44. The summed E-state index contributed by atoms with van der Waals surface area (Å²) in [7, 11) is 0. The molecule has 9 heteroatoms. The first-order valence-corrected chi connectivity index (χ1v) is 10.3. The van der Waals surface area contributed by atoms with E-state index in [1.54, 1.807) is 11.0 Å². The number of hydrogen-bond donors (Lipinski definition) is 1. The number of fused-ring (bicyclic) bond motifs is 1. The van der Waals surface area contributed by atoms with Gasteiger partial charge in [-0.3, -0.25) is 4.79 Å². The van der Waals surface area contributed by atoms with Gasteiger partial charge in [-0.1, -0.05) is 17.7 Å². The van der Waals surface area contributed by atoms with Crippen molar-refractivity contribution in [3.8, 4) is 11.4 Å². The molecule has 5 rings (SSSR count). The Balaban J connectivity index is 1.42. The molecule has 1 amide bonds. The first-order valence-electron chi connectivity index (χ1n) is 9.10. The Bertz CT molecular complexity index is 1350. The van der Waals surface area contributed by atoms with Crippen molar-refractivity contribution >= 4 is 44.7 Å². The molecule has 0 atom stereocenters. The summed E-state index contributed by atoms with van der Waals surface area (Å²) in [5.74, 6) is -0.165. The fraction of sp³-hybridized carbons (Fsp3) is 0.0476. The van der Waals surface area contributed by atoms with E-state index in [0.717, 1.165) is 27.3 Å². The van der Waals surface area contributed by atoms with Gasteiger partial charge in [0.25, 0.3) is 5.91 Å². The van der Waals surface area contributed by atoms with Gasteiger partial charge in [-0.15, -0.1) is 11.3 Å². The van der Waals surface area contributed by atoms with Gasteiger partial charge in [0.15, 0.2) is 0 Å². The number of hydrogen-bond acceptors (Lipinski definition) is 5. The van der Waals surface area contributed by atoms with E-state index in [0.29, 0.717) is 15.6 Å². The number of nitrogens with one attached hydrogen (secondary N) is 1. The molecule has 0 saturated carbocycles. The van der Waals surface area contributed by atoms with E-state index in [1.807, 2.05) is 66.2 Å². The molecule has 7 nitrogen and oxygen atoms in total. The number of benzene rings is 2. The number of amides is 1. The van der Waals surface area contributed by atoms with Crippen LogP contribution in [0.2, 0.25) is 5.02 Å². The van der Waals surface area contributed by atoms with E-state index in [9.17, 15) is 4.79 Å². The lowest BCUT2D eigenvalue weighted by atomic mass is 10.2. The van der Waals surface area contributed by atoms with Gasteiger partial charge in [0.2, 0.25) is 0 Å². The van der Waals surface area contributed by atoms with Crippen molar-refractivity contribution in [3.05, 3.63) is 82.8 Å². The minimum Gasteiger partial charge on any atom is -0.321 e. The number of halogens is 1. The van der Waals surface area contributed by atoms with Gasteiger partial charge in [0, 0.05) is 16.1 Å². The van der Waals surface area contributed by atoms with Gasteiger partial charge >= 0.3 is 0 Å². The summed E-state index contributed by atoms with van der Waals surface area (Å²) in [5, 5.41) is 13.2. The van der Waals surface area contributed by atoms with Crippen LogP contribution in [0, 0.1) is 6.92 Å². The van der Waals surface area contributed by atoms with Crippen LogP contribution in [0.15, 0.2) is 67.3 Å². The number of carbonyl (C=O) groups is 1. The largest absolute Gasteiger partial charge is 0.321 e. The molecule has 148 valence electrons. The molecule has 0 radical (unpaired) electrons. The second-order valence-corrected chi connectivity index (χ2v) is 8.11. The second kappa shape index (κ2) is 7.40. The topological polar surface area (TPSA) is 77.6 Å². The molecule has 0 aliphatic heterocycles. The lowest BCUT2D eigenvalue weighted by molar-refractivity contribution is 0.103. The number of rotatable bonds is 4. The molecule has 0 saturated heterocycles. The Hall–Kier alpha value is -3.49. The summed E-state index contributed by atoms with van der Waals surface area (Å²) in [6, 6.07) is 16.8. The number of aryl methyl sites for hydroxylation is 1. The van der Waals surface area contributed by atoms with E-state index in [4.69, 9.17) is 11.6 Å². The van der Waals surface area contributed by atoms with E-state index in [-0.39, 0.29) is 5.91 Å². The summed E-state index contributed by atoms with van der Waals surface area (Å²) in [4.78, 5) is 18.3. The zero-order valence-corrected chi connectivity index (χ0v) is 17.4. The molecule has 0 aliphatic rings. The maximum atomic E-state index is 12.8. The molecule has 30 heavy (non-hydrogen) atoms. The van der Waals surface area contributed by atoms with Gasteiger partial charge in [0.1, 0.15) is 17.5 Å². The van der Waals surface area contributed by atoms with Crippen LogP contribution in [0.3, 0.4) is 0 Å². The maximum Gasteiger partial charge on any atom is 0.265 e. The molecule has 0 unspecified atom stereocenters. The quantitative estimate of drug-likeness (QED) is 0.437. The molecule has 5 aromatic rings. The molecule has 1 N–H and O–H groups in total. The average molecular weight is 435 g/mol. The zero-order valence-electron chi connectivity index (χ0n) is 15.8. The minimum atomic E-state index is -0.165. The maximum absolute atomic E-state index is 12.8. The number of aromatic nitrogens is 5. The lowest BCUT2D eigenvalue weighted by Gasteiger charge is -2.05. The van der Waals surface area contributed by atoms with E-state index < -0.39 is 0 Å². The molecular formula is C21H15ClN6OS. The third-order valence-corrected chi connectivity index (χ3v) is 5.97. The third kappa shape index (κ3) is 3.36. The Morgan fingerprint density at radius 3 is 2.67 bits per heavy atom. The molecule has 0 fully saturated rings.